The maximum atomic E-state index is 11.4. The zero-order valence-electron chi connectivity index (χ0n) is 18.4. The third kappa shape index (κ3) is 5.33. The Morgan fingerprint density at radius 2 is 1.75 bits per heavy atom. The van der Waals surface area contributed by atoms with E-state index in [1.807, 2.05) is 35.2 Å². The van der Waals surface area contributed by atoms with Crippen molar-refractivity contribution in [3.63, 3.8) is 0 Å². The van der Waals surface area contributed by atoms with Crippen LogP contribution in [0.25, 0.3) is 21.9 Å². The molecule has 1 saturated heterocycles. The van der Waals surface area contributed by atoms with Crippen LogP contribution in [0, 0.1) is 0 Å². The number of aliphatic hydroxyl groups excluding tert-OH is 1. The number of rotatable bonds is 7. The molecule has 1 N–H and O–H groups in total. The molecule has 168 valence electrons. The van der Waals surface area contributed by atoms with Crippen LogP contribution in [0.2, 0.25) is 0 Å². The summed E-state index contributed by atoms with van der Waals surface area (Å²) in [4.78, 5) is 23.8. The van der Waals surface area contributed by atoms with Crippen LogP contribution in [0.4, 0.5) is 0 Å². The molecule has 1 aliphatic rings. The van der Waals surface area contributed by atoms with Gasteiger partial charge in [0.05, 0.1) is 7.11 Å². The van der Waals surface area contributed by atoms with Gasteiger partial charge in [-0.1, -0.05) is 18.2 Å². The zero-order valence-corrected chi connectivity index (χ0v) is 18.4. The molecule has 1 aromatic heterocycles. The lowest BCUT2D eigenvalue weighted by Gasteiger charge is -2.35. The van der Waals surface area contributed by atoms with Gasteiger partial charge in [0.25, 0.3) is 0 Å². The van der Waals surface area contributed by atoms with Crippen molar-refractivity contribution >= 4 is 16.7 Å². The molecule has 2 aromatic carbocycles. The third-order valence-corrected chi connectivity index (χ3v) is 5.68. The fourth-order valence-electron chi connectivity index (χ4n) is 3.85. The van der Waals surface area contributed by atoms with Crippen molar-refractivity contribution in [1.82, 2.24) is 19.8 Å². The van der Waals surface area contributed by atoms with Gasteiger partial charge in [-0.2, -0.15) is 0 Å². The molecule has 3 aromatic rings. The molecule has 0 saturated carbocycles. The summed E-state index contributed by atoms with van der Waals surface area (Å²) in [6.07, 6.45) is 2.87. The largest absolute Gasteiger partial charge is 0.491 e. The minimum Gasteiger partial charge on any atom is -0.491 e. The van der Waals surface area contributed by atoms with E-state index in [1.165, 1.54) is 7.11 Å². The van der Waals surface area contributed by atoms with E-state index in [2.05, 4.69) is 20.9 Å². The van der Waals surface area contributed by atoms with Crippen LogP contribution in [0.5, 0.6) is 11.8 Å². The molecule has 1 atom stereocenters. The van der Waals surface area contributed by atoms with Gasteiger partial charge in [0.2, 0.25) is 5.91 Å². The summed E-state index contributed by atoms with van der Waals surface area (Å²) < 4.78 is 10.9. The second-order valence-corrected chi connectivity index (χ2v) is 7.95. The smallest absolute Gasteiger partial charge is 0.316 e. The van der Waals surface area contributed by atoms with Crippen molar-refractivity contribution in [3.8, 4) is 22.9 Å². The highest BCUT2D eigenvalue weighted by atomic mass is 16.5. The second kappa shape index (κ2) is 9.93. The Morgan fingerprint density at radius 3 is 2.44 bits per heavy atom. The summed E-state index contributed by atoms with van der Waals surface area (Å²) in [5.41, 5.74) is 1.90. The van der Waals surface area contributed by atoms with Crippen LogP contribution in [-0.4, -0.2) is 83.3 Å². The molecule has 0 spiro atoms. The Balaban J connectivity index is 1.36. The second-order valence-electron chi connectivity index (χ2n) is 7.95. The van der Waals surface area contributed by atoms with E-state index in [0.29, 0.717) is 31.4 Å². The molecule has 0 radical (unpaired) electrons. The van der Waals surface area contributed by atoms with Gasteiger partial charge in [0.1, 0.15) is 18.5 Å². The molecular formula is C24H28N4O4. The Labute approximate surface area is 187 Å². The number of fused-ring (bicyclic) bond motifs is 1. The van der Waals surface area contributed by atoms with Crippen molar-refractivity contribution in [2.45, 2.75) is 13.0 Å². The molecule has 32 heavy (non-hydrogen) atoms. The van der Waals surface area contributed by atoms with Crippen molar-refractivity contribution in [2.75, 3.05) is 46.4 Å². The topological polar surface area (TPSA) is 88.0 Å². The Morgan fingerprint density at radius 1 is 1.03 bits per heavy atom. The number of nitrogens with zero attached hydrogens (tertiary/aromatic N) is 4. The van der Waals surface area contributed by atoms with Crippen molar-refractivity contribution < 1.29 is 19.4 Å². The summed E-state index contributed by atoms with van der Waals surface area (Å²) in [5.74, 6) is 0.814. The van der Waals surface area contributed by atoms with Gasteiger partial charge in [0.15, 0.2) is 0 Å². The SMILES string of the molecule is COc1ncc(-c2ccc3ccc(OCC(O)CN4CCN(C(C)=O)CC4)cc3c2)cn1. The molecule has 8 nitrogen and oxygen atoms in total. The van der Waals surface area contributed by atoms with Crippen LogP contribution in [0.3, 0.4) is 0 Å². The van der Waals surface area contributed by atoms with Gasteiger partial charge in [-0.05, 0) is 34.5 Å². The molecule has 0 aliphatic carbocycles. The Kier molecular flexibility index (Phi) is 6.82. The normalized spacial score (nSPS) is 15.5. The number of benzene rings is 2. The third-order valence-electron chi connectivity index (χ3n) is 5.68. The van der Waals surface area contributed by atoms with Gasteiger partial charge in [-0.25, -0.2) is 9.97 Å². The molecule has 0 bridgehead atoms. The first-order chi connectivity index (χ1) is 15.5. The number of amides is 1. The van der Waals surface area contributed by atoms with Crippen LogP contribution < -0.4 is 9.47 Å². The summed E-state index contributed by atoms with van der Waals surface area (Å²) >= 11 is 0. The van der Waals surface area contributed by atoms with E-state index in [9.17, 15) is 9.90 Å². The van der Waals surface area contributed by atoms with E-state index < -0.39 is 6.10 Å². The zero-order chi connectivity index (χ0) is 22.5. The molecule has 8 heteroatoms. The number of hydrogen-bond donors (Lipinski definition) is 1. The molecule has 1 amide bonds. The van der Waals surface area contributed by atoms with Crippen molar-refractivity contribution in [2.24, 2.45) is 0 Å². The van der Waals surface area contributed by atoms with Crippen molar-refractivity contribution in [1.29, 1.82) is 0 Å². The van der Waals surface area contributed by atoms with Crippen LogP contribution >= 0.6 is 0 Å². The highest BCUT2D eigenvalue weighted by molar-refractivity contribution is 5.88. The fraction of sp³-hybridized carbons (Fsp3) is 0.375. The number of aromatic nitrogens is 2. The molecule has 1 unspecified atom stereocenters. The standard InChI is InChI=1S/C24H28N4O4/c1-17(29)28-9-7-27(8-10-28)15-22(30)16-32-23-6-5-18-3-4-19(11-20(18)12-23)21-13-25-24(31-2)26-14-21/h3-6,11-14,22,30H,7-10,15-16H2,1-2H3. The lowest BCUT2D eigenvalue weighted by atomic mass is 10.0. The predicted octanol–water partition coefficient (Wildman–Crippen LogP) is 2.21. The molecule has 1 aliphatic heterocycles. The van der Waals surface area contributed by atoms with E-state index >= 15 is 0 Å². The first kappa shape index (κ1) is 22.0. The predicted molar refractivity (Wildman–Crippen MR) is 122 cm³/mol. The number of carbonyl (C=O) groups is 1. The van der Waals surface area contributed by atoms with Gasteiger partial charge >= 0.3 is 6.01 Å². The Bertz CT molecular complexity index is 1070. The van der Waals surface area contributed by atoms with Gasteiger partial charge < -0.3 is 19.5 Å². The molecular weight excluding hydrogens is 408 g/mol. The highest BCUT2D eigenvalue weighted by Crippen LogP contribution is 2.27. The molecule has 1 fully saturated rings. The molecule has 2 heterocycles. The first-order valence-corrected chi connectivity index (χ1v) is 10.7. The number of piperazine rings is 1. The number of hydrogen-bond acceptors (Lipinski definition) is 7. The first-order valence-electron chi connectivity index (χ1n) is 10.7. The summed E-state index contributed by atoms with van der Waals surface area (Å²) in [5, 5.41) is 12.5. The monoisotopic (exact) mass is 436 g/mol. The summed E-state index contributed by atoms with van der Waals surface area (Å²) in [7, 11) is 1.54. The van der Waals surface area contributed by atoms with Gasteiger partial charge in [0, 0.05) is 57.6 Å². The highest BCUT2D eigenvalue weighted by Gasteiger charge is 2.20. The number of ether oxygens (including phenoxy) is 2. The lowest BCUT2D eigenvalue weighted by Crippen LogP contribution is -2.50. The average Bonchev–Trinajstić information content (AvgIpc) is 2.82. The van der Waals surface area contributed by atoms with Crippen LogP contribution in [0.15, 0.2) is 48.8 Å². The van der Waals surface area contributed by atoms with Gasteiger partial charge in [-0.3, -0.25) is 9.69 Å². The fourth-order valence-corrected chi connectivity index (χ4v) is 3.85. The van der Waals surface area contributed by atoms with Gasteiger partial charge in [-0.15, -0.1) is 0 Å². The minimum absolute atomic E-state index is 0.104. The van der Waals surface area contributed by atoms with E-state index in [4.69, 9.17) is 9.47 Å². The average molecular weight is 437 g/mol. The van der Waals surface area contributed by atoms with Crippen LogP contribution in [-0.2, 0) is 4.79 Å². The van der Waals surface area contributed by atoms with E-state index in [0.717, 1.165) is 35.0 Å². The minimum atomic E-state index is -0.600. The quantitative estimate of drug-likeness (QED) is 0.608. The maximum Gasteiger partial charge on any atom is 0.316 e. The van der Waals surface area contributed by atoms with E-state index in [-0.39, 0.29) is 12.5 Å². The van der Waals surface area contributed by atoms with E-state index in [1.54, 1.807) is 19.3 Å². The molecule has 4 rings (SSSR count). The van der Waals surface area contributed by atoms with Crippen LogP contribution in [0.1, 0.15) is 6.92 Å². The maximum absolute atomic E-state index is 11.4. The summed E-state index contributed by atoms with van der Waals surface area (Å²) in [6.45, 7) is 5.28. The number of aliphatic hydroxyl groups is 1. The summed E-state index contributed by atoms with van der Waals surface area (Å²) in [6, 6.07) is 12.4. The Hall–Kier alpha value is -3.23. The number of β-amino-alcohol motifs (C(OH)–C–C–N with tert-alkyl or cyclic N) is 1. The number of methoxy groups -OCH3 is 1. The lowest BCUT2D eigenvalue weighted by molar-refractivity contribution is -0.130. The van der Waals surface area contributed by atoms with Crippen molar-refractivity contribution in [3.05, 3.63) is 48.8 Å². The number of carbonyl (C=O) groups excluding carboxylic acids is 1.